The molecule has 0 aliphatic rings. The molecular formula is C25H29N3O3. The maximum absolute atomic E-state index is 12.9. The van der Waals surface area contributed by atoms with Crippen LogP contribution in [0.15, 0.2) is 48.8 Å². The van der Waals surface area contributed by atoms with Crippen LogP contribution in [0, 0.1) is 20.8 Å². The standard InChI is InChI=1S/C25H29N3O3/c1-16-11-18(3)19(12-17(16)2)7-8-23(29)27-24(25-26-9-10-28(25)4)20-13-21(30-5)15-22(14-20)31-6/h7-15,24H,1-6H3,(H,27,29)/b8-7+. The van der Waals surface area contributed by atoms with E-state index in [9.17, 15) is 4.79 Å². The summed E-state index contributed by atoms with van der Waals surface area (Å²) >= 11 is 0. The quantitative estimate of drug-likeness (QED) is 0.581. The van der Waals surface area contributed by atoms with Gasteiger partial charge in [-0.25, -0.2) is 4.98 Å². The highest BCUT2D eigenvalue weighted by Crippen LogP contribution is 2.29. The number of imidazole rings is 1. The van der Waals surface area contributed by atoms with Gasteiger partial charge in [0.1, 0.15) is 23.4 Å². The van der Waals surface area contributed by atoms with Gasteiger partial charge in [-0.05, 0) is 66.8 Å². The average Bonchev–Trinajstić information content (AvgIpc) is 3.18. The number of amides is 1. The van der Waals surface area contributed by atoms with E-state index in [-0.39, 0.29) is 5.91 Å². The van der Waals surface area contributed by atoms with Crippen molar-refractivity contribution < 1.29 is 14.3 Å². The molecule has 6 nitrogen and oxygen atoms in total. The first-order chi connectivity index (χ1) is 14.8. The molecule has 1 atom stereocenters. The van der Waals surface area contributed by atoms with Crippen molar-refractivity contribution in [2.24, 2.45) is 7.05 Å². The molecule has 0 bridgehead atoms. The fourth-order valence-corrected chi connectivity index (χ4v) is 3.47. The largest absolute Gasteiger partial charge is 0.497 e. The van der Waals surface area contributed by atoms with Gasteiger partial charge >= 0.3 is 0 Å². The van der Waals surface area contributed by atoms with Gasteiger partial charge in [0.25, 0.3) is 0 Å². The number of hydrogen-bond donors (Lipinski definition) is 1. The van der Waals surface area contributed by atoms with E-state index in [2.05, 4.69) is 36.3 Å². The molecule has 0 saturated carbocycles. The van der Waals surface area contributed by atoms with Crippen molar-refractivity contribution >= 4 is 12.0 Å². The minimum absolute atomic E-state index is 0.215. The summed E-state index contributed by atoms with van der Waals surface area (Å²) in [5, 5.41) is 3.07. The number of nitrogens with zero attached hydrogens (tertiary/aromatic N) is 2. The number of carbonyl (C=O) groups is 1. The lowest BCUT2D eigenvalue weighted by Crippen LogP contribution is -2.29. The molecule has 0 fully saturated rings. The molecular weight excluding hydrogens is 390 g/mol. The van der Waals surface area contributed by atoms with Crippen LogP contribution in [0.5, 0.6) is 11.5 Å². The molecule has 31 heavy (non-hydrogen) atoms. The van der Waals surface area contributed by atoms with Gasteiger partial charge in [-0.2, -0.15) is 0 Å². The highest BCUT2D eigenvalue weighted by atomic mass is 16.5. The fraction of sp³-hybridized carbons (Fsp3) is 0.280. The minimum atomic E-state index is -0.470. The molecule has 1 N–H and O–H groups in total. The first-order valence-corrected chi connectivity index (χ1v) is 10.1. The molecule has 0 spiro atoms. The van der Waals surface area contributed by atoms with Gasteiger partial charge in [-0.1, -0.05) is 12.1 Å². The highest BCUT2D eigenvalue weighted by molar-refractivity contribution is 5.92. The number of methoxy groups -OCH3 is 2. The molecule has 0 radical (unpaired) electrons. The number of carbonyl (C=O) groups excluding carboxylic acids is 1. The number of nitrogens with one attached hydrogen (secondary N) is 1. The number of aromatic nitrogens is 2. The number of benzene rings is 2. The summed E-state index contributed by atoms with van der Waals surface area (Å²) in [6.07, 6.45) is 6.96. The molecule has 1 unspecified atom stereocenters. The molecule has 1 amide bonds. The number of rotatable bonds is 7. The van der Waals surface area contributed by atoms with Crippen LogP contribution in [-0.4, -0.2) is 29.7 Å². The molecule has 3 rings (SSSR count). The van der Waals surface area contributed by atoms with Gasteiger partial charge < -0.3 is 19.4 Å². The lowest BCUT2D eigenvalue weighted by Gasteiger charge is -2.20. The zero-order chi connectivity index (χ0) is 22.5. The maximum atomic E-state index is 12.9. The van der Waals surface area contributed by atoms with E-state index in [1.165, 1.54) is 11.1 Å². The molecule has 1 heterocycles. The fourth-order valence-electron chi connectivity index (χ4n) is 3.47. The Labute approximate surface area is 183 Å². The van der Waals surface area contributed by atoms with Crippen molar-refractivity contribution in [3.05, 3.63) is 82.4 Å². The second-order valence-electron chi connectivity index (χ2n) is 7.61. The molecule has 6 heteroatoms. The van der Waals surface area contributed by atoms with Crippen LogP contribution in [0.4, 0.5) is 0 Å². The van der Waals surface area contributed by atoms with Gasteiger partial charge in [0.15, 0.2) is 0 Å². The SMILES string of the molecule is COc1cc(OC)cc(C(NC(=O)/C=C/c2cc(C)c(C)cc2C)c2nccn2C)c1. The molecule has 3 aromatic rings. The van der Waals surface area contributed by atoms with E-state index in [0.29, 0.717) is 17.3 Å². The Morgan fingerprint density at radius 2 is 1.65 bits per heavy atom. The highest BCUT2D eigenvalue weighted by Gasteiger charge is 2.21. The minimum Gasteiger partial charge on any atom is -0.497 e. The van der Waals surface area contributed by atoms with Gasteiger partial charge in [0.2, 0.25) is 5.91 Å². The van der Waals surface area contributed by atoms with Crippen LogP contribution in [-0.2, 0) is 11.8 Å². The summed E-state index contributed by atoms with van der Waals surface area (Å²) in [5.41, 5.74) is 5.40. The first kappa shape index (κ1) is 22.2. The average molecular weight is 420 g/mol. The Hall–Kier alpha value is -3.54. The third-order valence-electron chi connectivity index (χ3n) is 5.41. The topological polar surface area (TPSA) is 65.4 Å². The van der Waals surface area contributed by atoms with E-state index in [0.717, 1.165) is 16.7 Å². The molecule has 2 aromatic carbocycles. The van der Waals surface area contributed by atoms with Gasteiger partial charge in [-0.3, -0.25) is 4.79 Å². The second-order valence-corrected chi connectivity index (χ2v) is 7.61. The second kappa shape index (κ2) is 9.51. The predicted molar refractivity (Wildman–Crippen MR) is 122 cm³/mol. The molecule has 0 aliphatic heterocycles. The Morgan fingerprint density at radius 1 is 1.00 bits per heavy atom. The number of hydrogen-bond acceptors (Lipinski definition) is 4. The van der Waals surface area contributed by atoms with Crippen molar-refractivity contribution in [3.63, 3.8) is 0 Å². The normalized spacial score (nSPS) is 12.1. The molecule has 0 saturated heterocycles. The Balaban J connectivity index is 1.92. The van der Waals surface area contributed by atoms with Crippen molar-refractivity contribution in [3.8, 4) is 11.5 Å². The third-order valence-corrected chi connectivity index (χ3v) is 5.41. The summed E-state index contributed by atoms with van der Waals surface area (Å²) in [4.78, 5) is 17.3. The van der Waals surface area contributed by atoms with Crippen molar-refractivity contribution in [1.29, 1.82) is 0 Å². The van der Waals surface area contributed by atoms with Crippen LogP contribution in [0.1, 0.15) is 39.7 Å². The van der Waals surface area contributed by atoms with E-state index < -0.39 is 6.04 Å². The molecule has 0 aliphatic carbocycles. The first-order valence-electron chi connectivity index (χ1n) is 10.1. The lowest BCUT2D eigenvalue weighted by molar-refractivity contribution is -0.117. The Kier molecular flexibility index (Phi) is 6.80. The zero-order valence-electron chi connectivity index (χ0n) is 18.9. The van der Waals surface area contributed by atoms with Crippen LogP contribution in [0.25, 0.3) is 6.08 Å². The monoisotopic (exact) mass is 419 g/mol. The van der Waals surface area contributed by atoms with Crippen molar-refractivity contribution in [2.75, 3.05) is 14.2 Å². The summed E-state index contributed by atoms with van der Waals surface area (Å²) in [7, 11) is 5.09. The third kappa shape index (κ3) is 5.15. The van der Waals surface area contributed by atoms with E-state index in [4.69, 9.17) is 9.47 Å². The van der Waals surface area contributed by atoms with Gasteiger partial charge in [0, 0.05) is 31.6 Å². The zero-order valence-corrected chi connectivity index (χ0v) is 18.9. The van der Waals surface area contributed by atoms with E-state index in [1.807, 2.05) is 42.9 Å². The Morgan fingerprint density at radius 3 is 2.23 bits per heavy atom. The summed E-state index contributed by atoms with van der Waals surface area (Å²) in [6.45, 7) is 6.20. The maximum Gasteiger partial charge on any atom is 0.244 e. The number of aryl methyl sites for hydroxylation is 4. The van der Waals surface area contributed by atoms with Gasteiger partial charge in [0.05, 0.1) is 14.2 Å². The summed E-state index contributed by atoms with van der Waals surface area (Å²) < 4.78 is 12.7. The van der Waals surface area contributed by atoms with Crippen LogP contribution in [0.2, 0.25) is 0 Å². The van der Waals surface area contributed by atoms with Crippen molar-refractivity contribution in [1.82, 2.24) is 14.9 Å². The van der Waals surface area contributed by atoms with Crippen molar-refractivity contribution in [2.45, 2.75) is 26.8 Å². The van der Waals surface area contributed by atoms with Crippen LogP contribution < -0.4 is 14.8 Å². The van der Waals surface area contributed by atoms with E-state index in [1.54, 1.807) is 32.6 Å². The van der Waals surface area contributed by atoms with Crippen LogP contribution in [0.3, 0.4) is 0 Å². The molecule has 162 valence electrons. The Bertz CT molecular complexity index is 1090. The smallest absolute Gasteiger partial charge is 0.244 e. The molecule has 1 aromatic heterocycles. The van der Waals surface area contributed by atoms with Gasteiger partial charge in [-0.15, -0.1) is 0 Å². The van der Waals surface area contributed by atoms with E-state index >= 15 is 0 Å². The number of ether oxygens (including phenoxy) is 2. The summed E-state index contributed by atoms with van der Waals surface area (Å²) in [5.74, 6) is 1.78. The van der Waals surface area contributed by atoms with Crippen LogP contribution >= 0.6 is 0 Å². The summed E-state index contributed by atoms with van der Waals surface area (Å²) in [6, 6.07) is 9.30. The predicted octanol–water partition coefficient (Wildman–Crippen LogP) is 4.28. The lowest BCUT2D eigenvalue weighted by atomic mass is 10.0.